The van der Waals surface area contributed by atoms with Crippen molar-refractivity contribution >= 4 is 11.9 Å². The summed E-state index contributed by atoms with van der Waals surface area (Å²) in [6, 6.07) is -0.982. The zero-order chi connectivity index (χ0) is 13.5. The van der Waals surface area contributed by atoms with Crippen molar-refractivity contribution in [3.63, 3.8) is 0 Å². The third-order valence-electron chi connectivity index (χ3n) is 2.75. The Labute approximate surface area is 107 Å². The zero-order valence-electron chi connectivity index (χ0n) is 11.2. The van der Waals surface area contributed by atoms with E-state index in [4.69, 9.17) is 9.47 Å². The van der Waals surface area contributed by atoms with E-state index >= 15 is 0 Å². The van der Waals surface area contributed by atoms with Gasteiger partial charge in [-0.15, -0.1) is 0 Å². The van der Waals surface area contributed by atoms with E-state index in [0.29, 0.717) is 32.1 Å². The standard InChI is InChI=1S/C12H22N2O4/c1-8(2)6-9(12(16)17-3)14-11(15)10-7-18-5-4-13-10/h8-10,13H,4-7H2,1-3H3,(H,14,15)/t9-,10?/m0/s1. The molecule has 0 aliphatic carbocycles. The molecule has 1 fully saturated rings. The Hall–Kier alpha value is -1.14. The smallest absolute Gasteiger partial charge is 0.328 e. The van der Waals surface area contributed by atoms with Crippen molar-refractivity contribution in [1.82, 2.24) is 10.6 Å². The molecule has 0 saturated carbocycles. The molecule has 6 heteroatoms. The number of methoxy groups -OCH3 is 1. The van der Waals surface area contributed by atoms with E-state index in [9.17, 15) is 9.59 Å². The lowest BCUT2D eigenvalue weighted by Crippen LogP contribution is -2.55. The highest BCUT2D eigenvalue weighted by Crippen LogP contribution is 2.07. The van der Waals surface area contributed by atoms with Crippen LogP contribution in [0.1, 0.15) is 20.3 Å². The molecule has 0 aromatic heterocycles. The summed E-state index contributed by atoms with van der Waals surface area (Å²) in [4.78, 5) is 23.5. The molecule has 1 aliphatic rings. The second kappa shape index (κ2) is 7.33. The zero-order valence-corrected chi connectivity index (χ0v) is 11.2. The summed E-state index contributed by atoms with van der Waals surface area (Å²) in [5.41, 5.74) is 0. The van der Waals surface area contributed by atoms with Gasteiger partial charge < -0.3 is 20.1 Å². The van der Waals surface area contributed by atoms with Crippen molar-refractivity contribution < 1.29 is 19.1 Å². The topological polar surface area (TPSA) is 76.7 Å². The van der Waals surface area contributed by atoms with E-state index in [1.807, 2.05) is 13.8 Å². The molecule has 18 heavy (non-hydrogen) atoms. The van der Waals surface area contributed by atoms with Crippen molar-refractivity contribution in [3.05, 3.63) is 0 Å². The van der Waals surface area contributed by atoms with Crippen LogP contribution in [0.25, 0.3) is 0 Å². The predicted molar refractivity (Wildman–Crippen MR) is 66.0 cm³/mol. The Morgan fingerprint density at radius 2 is 2.22 bits per heavy atom. The van der Waals surface area contributed by atoms with Crippen LogP contribution >= 0.6 is 0 Å². The molecule has 0 spiro atoms. The number of amides is 1. The van der Waals surface area contributed by atoms with Crippen molar-refractivity contribution in [2.45, 2.75) is 32.4 Å². The first kappa shape index (κ1) is 14.9. The molecule has 1 amide bonds. The van der Waals surface area contributed by atoms with Gasteiger partial charge in [-0.25, -0.2) is 4.79 Å². The highest BCUT2D eigenvalue weighted by atomic mass is 16.5. The summed E-state index contributed by atoms with van der Waals surface area (Å²) in [5.74, 6) is -0.329. The number of rotatable bonds is 5. The summed E-state index contributed by atoms with van der Waals surface area (Å²) >= 11 is 0. The molecule has 1 saturated heterocycles. The van der Waals surface area contributed by atoms with Crippen LogP contribution in [0.15, 0.2) is 0 Å². The van der Waals surface area contributed by atoms with Gasteiger partial charge in [0, 0.05) is 6.54 Å². The quantitative estimate of drug-likeness (QED) is 0.661. The van der Waals surface area contributed by atoms with E-state index < -0.39 is 18.1 Å². The maximum Gasteiger partial charge on any atom is 0.328 e. The molecule has 0 radical (unpaired) electrons. The SMILES string of the molecule is COC(=O)[C@H](CC(C)C)NC(=O)C1COCCN1. The second-order valence-corrected chi connectivity index (χ2v) is 4.80. The van der Waals surface area contributed by atoms with Gasteiger partial charge in [-0.3, -0.25) is 4.79 Å². The Balaban J connectivity index is 2.52. The van der Waals surface area contributed by atoms with Crippen molar-refractivity contribution in [2.75, 3.05) is 26.9 Å². The Morgan fingerprint density at radius 1 is 1.50 bits per heavy atom. The van der Waals surface area contributed by atoms with Gasteiger partial charge in [0.25, 0.3) is 0 Å². The molecule has 1 rings (SSSR count). The minimum absolute atomic E-state index is 0.217. The van der Waals surface area contributed by atoms with Gasteiger partial charge in [0.05, 0.1) is 20.3 Å². The van der Waals surface area contributed by atoms with Gasteiger partial charge in [0.1, 0.15) is 12.1 Å². The number of carbonyl (C=O) groups excluding carboxylic acids is 2. The van der Waals surface area contributed by atoms with Crippen LogP contribution in [0.5, 0.6) is 0 Å². The van der Waals surface area contributed by atoms with Crippen LogP contribution in [0.2, 0.25) is 0 Å². The first-order valence-corrected chi connectivity index (χ1v) is 6.24. The van der Waals surface area contributed by atoms with Crippen molar-refractivity contribution in [3.8, 4) is 0 Å². The molecule has 0 aromatic carbocycles. The normalized spacial score (nSPS) is 21.4. The summed E-state index contributed by atoms with van der Waals surface area (Å²) in [5, 5.41) is 5.76. The largest absolute Gasteiger partial charge is 0.467 e. The summed E-state index contributed by atoms with van der Waals surface area (Å²) in [6.45, 7) is 5.57. The second-order valence-electron chi connectivity index (χ2n) is 4.80. The molecule has 1 heterocycles. The number of esters is 1. The van der Waals surface area contributed by atoms with Crippen molar-refractivity contribution in [1.29, 1.82) is 0 Å². The lowest BCUT2D eigenvalue weighted by atomic mass is 10.0. The first-order chi connectivity index (χ1) is 8.54. The molecule has 2 atom stereocenters. The van der Waals surface area contributed by atoms with Crippen LogP contribution in [0.4, 0.5) is 0 Å². The first-order valence-electron chi connectivity index (χ1n) is 6.24. The summed E-state index contributed by atoms with van der Waals surface area (Å²) < 4.78 is 9.91. The van der Waals surface area contributed by atoms with Gasteiger partial charge >= 0.3 is 5.97 Å². The van der Waals surface area contributed by atoms with Crippen LogP contribution in [0.3, 0.4) is 0 Å². The van der Waals surface area contributed by atoms with Crippen LogP contribution in [-0.2, 0) is 19.1 Å². The summed E-state index contributed by atoms with van der Waals surface area (Å²) in [6.07, 6.45) is 0.561. The summed E-state index contributed by atoms with van der Waals surface area (Å²) in [7, 11) is 1.32. The molecule has 1 unspecified atom stereocenters. The lowest BCUT2D eigenvalue weighted by Gasteiger charge is -2.25. The minimum Gasteiger partial charge on any atom is -0.467 e. The van der Waals surface area contributed by atoms with E-state index in [1.54, 1.807) is 0 Å². The molecule has 0 aromatic rings. The maximum atomic E-state index is 11.9. The Bertz CT molecular complexity index is 288. The van der Waals surface area contributed by atoms with E-state index in [2.05, 4.69) is 10.6 Å². The van der Waals surface area contributed by atoms with Crippen LogP contribution in [0, 0.1) is 5.92 Å². The number of hydrogen-bond acceptors (Lipinski definition) is 5. The fraction of sp³-hybridized carbons (Fsp3) is 0.833. The number of nitrogens with one attached hydrogen (secondary N) is 2. The Morgan fingerprint density at radius 3 is 2.72 bits per heavy atom. The monoisotopic (exact) mass is 258 g/mol. The molecule has 2 N–H and O–H groups in total. The molecular formula is C12H22N2O4. The fourth-order valence-electron chi connectivity index (χ4n) is 1.83. The third-order valence-corrected chi connectivity index (χ3v) is 2.75. The molecular weight excluding hydrogens is 236 g/mol. The fourth-order valence-corrected chi connectivity index (χ4v) is 1.83. The Kier molecular flexibility index (Phi) is 6.07. The molecule has 6 nitrogen and oxygen atoms in total. The minimum atomic E-state index is -0.591. The average Bonchev–Trinajstić information content (AvgIpc) is 2.37. The number of morpholine rings is 1. The maximum absolute atomic E-state index is 11.9. The van der Waals surface area contributed by atoms with Gasteiger partial charge in [0.15, 0.2) is 0 Å². The van der Waals surface area contributed by atoms with Gasteiger partial charge in [-0.2, -0.15) is 0 Å². The molecule has 1 aliphatic heterocycles. The van der Waals surface area contributed by atoms with Crippen molar-refractivity contribution in [2.24, 2.45) is 5.92 Å². The van der Waals surface area contributed by atoms with Crippen LogP contribution < -0.4 is 10.6 Å². The van der Waals surface area contributed by atoms with E-state index in [1.165, 1.54) is 7.11 Å². The average molecular weight is 258 g/mol. The number of ether oxygens (including phenoxy) is 2. The lowest BCUT2D eigenvalue weighted by molar-refractivity contribution is -0.146. The molecule has 0 bridgehead atoms. The molecule has 104 valence electrons. The van der Waals surface area contributed by atoms with Gasteiger partial charge in [-0.1, -0.05) is 13.8 Å². The van der Waals surface area contributed by atoms with Gasteiger partial charge in [-0.05, 0) is 12.3 Å². The highest BCUT2D eigenvalue weighted by Gasteiger charge is 2.27. The number of hydrogen-bond donors (Lipinski definition) is 2. The van der Waals surface area contributed by atoms with Gasteiger partial charge in [0.2, 0.25) is 5.91 Å². The van der Waals surface area contributed by atoms with E-state index in [-0.39, 0.29) is 5.91 Å². The number of carbonyl (C=O) groups is 2. The van der Waals surface area contributed by atoms with Crippen LogP contribution in [-0.4, -0.2) is 50.8 Å². The predicted octanol–water partition coefficient (Wildman–Crippen LogP) is -0.321. The third kappa shape index (κ3) is 4.62. The highest BCUT2D eigenvalue weighted by molar-refractivity contribution is 5.87. The van der Waals surface area contributed by atoms with E-state index in [0.717, 1.165) is 0 Å².